The minimum atomic E-state index is 0. The molecule has 0 saturated heterocycles. The number of hydrogen-bond acceptors (Lipinski definition) is 2. The molecule has 8 aromatic rings. The molecule has 0 fully saturated rings. The van der Waals surface area contributed by atoms with E-state index < -0.39 is 0 Å². The summed E-state index contributed by atoms with van der Waals surface area (Å²) in [6.07, 6.45) is 15.5. The summed E-state index contributed by atoms with van der Waals surface area (Å²) in [5.74, 6) is 1.71. The standard InChI is InChI=1S/C28H17N7.Pt/c1-2-7-25-23(6-1)24-9-8-21(34-17-15-32-13-11-30-28(32)34)19-26(24)35(25)22-5-3-4-20(18-22)33-16-14-31-12-10-29-27(31)33;/h1-17H;/q-2;+2. The van der Waals surface area contributed by atoms with Crippen LogP contribution < -0.4 is 0 Å². The first kappa shape index (κ1) is 21.0. The van der Waals surface area contributed by atoms with Crippen LogP contribution in [0.2, 0.25) is 0 Å². The van der Waals surface area contributed by atoms with Crippen LogP contribution in [0.3, 0.4) is 0 Å². The molecule has 5 aromatic heterocycles. The van der Waals surface area contributed by atoms with Crippen molar-refractivity contribution in [3.05, 3.63) is 116 Å². The van der Waals surface area contributed by atoms with Crippen LogP contribution in [0, 0.1) is 12.1 Å². The van der Waals surface area contributed by atoms with E-state index in [1.807, 2.05) is 50.5 Å². The third-order valence-electron chi connectivity index (χ3n) is 6.57. The monoisotopic (exact) mass is 646 g/mol. The van der Waals surface area contributed by atoms with E-state index in [-0.39, 0.29) is 21.1 Å². The third-order valence-corrected chi connectivity index (χ3v) is 6.57. The fraction of sp³-hybridized carbons (Fsp3) is 0. The zero-order valence-electron chi connectivity index (χ0n) is 18.8. The van der Waals surface area contributed by atoms with Crippen molar-refractivity contribution in [2.45, 2.75) is 0 Å². The largest absolute Gasteiger partial charge is 2.00 e. The van der Waals surface area contributed by atoms with E-state index in [0.29, 0.717) is 0 Å². The van der Waals surface area contributed by atoms with Crippen molar-refractivity contribution in [3.63, 3.8) is 0 Å². The molecule has 0 N–H and O–H groups in total. The van der Waals surface area contributed by atoms with Gasteiger partial charge in [0.25, 0.3) is 0 Å². The van der Waals surface area contributed by atoms with Gasteiger partial charge >= 0.3 is 21.1 Å². The maximum Gasteiger partial charge on any atom is 2.00 e. The molecule has 8 heteroatoms. The van der Waals surface area contributed by atoms with Gasteiger partial charge in [0.2, 0.25) is 11.6 Å². The number of para-hydroxylation sites is 1. The third kappa shape index (κ3) is 2.90. The normalized spacial score (nSPS) is 11.7. The summed E-state index contributed by atoms with van der Waals surface area (Å²) in [4.78, 5) is 8.99. The van der Waals surface area contributed by atoms with Crippen LogP contribution in [0.15, 0.2) is 104 Å². The Labute approximate surface area is 219 Å². The maximum absolute atomic E-state index is 4.50. The second-order valence-corrected chi connectivity index (χ2v) is 8.48. The fourth-order valence-corrected chi connectivity index (χ4v) is 4.99. The van der Waals surface area contributed by atoms with Gasteiger partial charge in [0, 0.05) is 55.1 Å². The summed E-state index contributed by atoms with van der Waals surface area (Å²) in [6, 6.07) is 26.2. The molecule has 0 spiro atoms. The maximum atomic E-state index is 4.50. The Balaban J connectivity index is 0.00000220. The van der Waals surface area contributed by atoms with Gasteiger partial charge in [-0.1, -0.05) is 40.8 Å². The second-order valence-electron chi connectivity index (χ2n) is 8.48. The van der Waals surface area contributed by atoms with Crippen molar-refractivity contribution in [3.8, 4) is 17.1 Å². The molecule has 0 saturated carbocycles. The van der Waals surface area contributed by atoms with Crippen LogP contribution in [-0.2, 0) is 21.1 Å². The van der Waals surface area contributed by atoms with Crippen molar-refractivity contribution >= 4 is 33.4 Å². The summed E-state index contributed by atoms with van der Waals surface area (Å²) >= 11 is 0. The topological polar surface area (TPSA) is 49.4 Å². The number of fused-ring (bicyclic) bond motifs is 5. The van der Waals surface area contributed by atoms with Gasteiger partial charge in [-0.2, -0.15) is 12.1 Å². The van der Waals surface area contributed by atoms with Gasteiger partial charge in [0.15, 0.2) is 0 Å². The molecule has 5 heterocycles. The van der Waals surface area contributed by atoms with Crippen molar-refractivity contribution in [2.24, 2.45) is 0 Å². The minimum absolute atomic E-state index is 0. The number of nitrogens with zero attached hydrogens (tertiary/aromatic N) is 7. The van der Waals surface area contributed by atoms with Crippen LogP contribution in [0.1, 0.15) is 0 Å². The Morgan fingerprint density at radius 3 is 1.97 bits per heavy atom. The quantitative estimate of drug-likeness (QED) is 0.246. The average molecular weight is 647 g/mol. The van der Waals surface area contributed by atoms with E-state index in [9.17, 15) is 0 Å². The molecule has 7 nitrogen and oxygen atoms in total. The van der Waals surface area contributed by atoms with Crippen molar-refractivity contribution in [2.75, 3.05) is 0 Å². The van der Waals surface area contributed by atoms with Crippen LogP contribution in [0.4, 0.5) is 0 Å². The smallest absolute Gasteiger partial charge is 0.358 e. The molecule has 0 radical (unpaired) electrons. The van der Waals surface area contributed by atoms with Gasteiger partial charge in [-0.3, -0.25) is 8.80 Å². The van der Waals surface area contributed by atoms with Crippen molar-refractivity contribution < 1.29 is 21.1 Å². The molecule has 0 atom stereocenters. The Bertz CT molecular complexity index is 2030. The predicted molar refractivity (Wildman–Crippen MR) is 135 cm³/mol. The average Bonchev–Trinajstić information content (AvgIpc) is 3.69. The first-order chi connectivity index (χ1) is 17.3. The molecular formula is C28H17N7Pt. The van der Waals surface area contributed by atoms with Crippen molar-refractivity contribution in [1.29, 1.82) is 0 Å². The molecule has 0 aliphatic carbocycles. The molecule has 0 amide bonds. The van der Waals surface area contributed by atoms with E-state index in [0.717, 1.165) is 45.0 Å². The van der Waals surface area contributed by atoms with Gasteiger partial charge in [-0.25, -0.2) is 9.97 Å². The number of benzene rings is 3. The van der Waals surface area contributed by atoms with Gasteiger partial charge in [0.05, 0.1) is 0 Å². The molecule has 3 aromatic carbocycles. The Morgan fingerprint density at radius 2 is 1.22 bits per heavy atom. The fourth-order valence-electron chi connectivity index (χ4n) is 4.99. The zero-order chi connectivity index (χ0) is 22.9. The molecule has 0 unspecified atom stereocenters. The Morgan fingerprint density at radius 1 is 0.556 bits per heavy atom. The van der Waals surface area contributed by atoms with Gasteiger partial charge < -0.3 is 13.7 Å². The minimum Gasteiger partial charge on any atom is -0.358 e. The number of aromatic nitrogens is 7. The first-order valence-corrected chi connectivity index (χ1v) is 11.3. The van der Waals surface area contributed by atoms with E-state index in [2.05, 4.69) is 85.8 Å². The summed E-state index contributed by atoms with van der Waals surface area (Å²) in [6.45, 7) is 0. The SMILES string of the molecule is [Pt+2].[c-]1c(-n2ccn3ccnc23)cccc1-n1c2[c-]c(-n3ccn4ccnc34)ccc2c2ccccc21. The van der Waals surface area contributed by atoms with Crippen LogP contribution >= 0.6 is 0 Å². The first-order valence-electron chi connectivity index (χ1n) is 11.3. The summed E-state index contributed by atoms with van der Waals surface area (Å²) in [5.41, 5.74) is 4.91. The molecule has 0 bridgehead atoms. The number of rotatable bonds is 3. The summed E-state index contributed by atoms with van der Waals surface area (Å²) in [5, 5.41) is 2.32. The van der Waals surface area contributed by atoms with Gasteiger partial charge in [-0.15, -0.1) is 35.7 Å². The molecule has 174 valence electrons. The van der Waals surface area contributed by atoms with E-state index in [1.54, 1.807) is 12.4 Å². The van der Waals surface area contributed by atoms with E-state index in [4.69, 9.17) is 0 Å². The Kier molecular flexibility index (Phi) is 4.56. The van der Waals surface area contributed by atoms with Crippen LogP contribution in [-0.4, -0.2) is 32.5 Å². The predicted octanol–water partition coefficient (Wildman–Crippen LogP) is 5.26. The molecule has 36 heavy (non-hydrogen) atoms. The van der Waals surface area contributed by atoms with Crippen molar-refractivity contribution in [1.82, 2.24) is 32.5 Å². The van der Waals surface area contributed by atoms with Crippen LogP contribution in [0.25, 0.3) is 50.4 Å². The molecule has 0 aliphatic heterocycles. The van der Waals surface area contributed by atoms with Gasteiger partial charge in [-0.05, 0) is 11.5 Å². The van der Waals surface area contributed by atoms with Gasteiger partial charge in [0.1, 0.15) is 0 Å². The number of hydrogen-bond donors (Lipinski definition) is 0. The van der Waals surface area contributed by atoms with E-state index in [1.165, 1.54) is 5.39 Å². The van der Waals surface area contributed by atoms with Crippen LogP contribution in [0.5, 0.6) is 0 Å². The zero-order valence-corrected chi connectivity index (χ0v) is 21.0. The van der Waals surface area contributed by atoms with E-state index >= 15 is 0 Å². The summed E-state index contributed by atoms with van der Waals surface area (Å²) < 4.78 is 10.3. The number of imidazole rings is 4. The molecular weight excluding hydrogens is 629 g/mol. The Hall–Kier alpha value is -4.35. The second kappa shape index (κ2) is 7.83. The summed E-state index contributed by atoms with van der Waals surface area (Å²) in [7, 11) is 0. The molecule has 0 aliphatic rings. The molecule has 8 rings (SSSR count).